The number of carboxylic acids is 1. The fourth-order valence-electron chi connectivity index (χ4n) is 1.60. The average molecular weight is 261 g/mol. The van der Waals surface area contributed by atoms with Crippen molar-refractivity contribution in [1.82, 2.24) is 5.32 Å². The zero-order valence-electron chi connectivity index (χ0n) is 10.7. The van der Waals surface area contributed by atoms with E-state index < -0.39 is 33.7 Å². The van der Waals surface area contributed by atoms with Crippen molar-refractivity contribution in [1.29, 1.82) is 0 Å². The molecule has 98 valence electrons. The monoisotopic (exact) mass is 261 g/mol. The average Bonchev–Trinajstić information content (AvgIpc) is 2.38. The Morgan fingerprint density at radius 1 is 1.35 bits per heavy atom. The minimum absolute atomic E-state index is 0.417. The van der Waals surface area contributed by atoms with Crippen molar-refractivity contribution >= 4 is 23.7 Å². The van der Waals surface area contributed by atoms with Crippen LogP contribution in [0, 0.1) is 0 Å². The molecule has 0 aromatic carbocycles. The quantitative estimate of drug-likeness (QED) is 0.728. The molecular weight excluding hydrogens is 242 g/mol. The molecule has 0 unspecified atom stereocenters. The van der Waals surface area contributed by atoms with E-state index >= 15 is 0 Å². The molecule has 0 aliphatic carbocycles. The van der Waals surface area contributed by atoms with Crippen LogP contribution in [0.2, 0.25) is 0 Å². The predicted molar refractivity (Wildman–Crippen MR) is 65.9 cm³/mol. The number of esters is 1. The molecule has 0 aromatic rings. The van der Waals surface area contributed by atoms with Crippen molar-refractivity contribution in [3.8, 4) is 0 Å². The van der Waals surface area contributed by atoms with Crippen LogP contribution in [0.25, 0.3) is 0 Å². The third-order valence-corrected chi connectivity index (χ3v) is 3.71. The lowest BCUT2D eigenvalue weighted by Gasteiger charge is -2.22. The van der Waals surface area contributed by atoms with Crippen molar-refractivity contribution < 1.29 is 19.4 Å². The highest BCUT2D eigenvalue weighted by Crippen LogP contribution is 2.38. The van der Waals surface area contributed by atoms with Crippen LogP contribution in [0.4, 0.5) is 0 Å². The van der Waals surface area contributed by atoms with E-state index in [4.69, 9.17) is 9.84 Å². The summed E-state index contributed by atoms with van der Waals surface area (Å²) < 4.78 is 4.69. The summed E-state index contributed by atoms with van der Waals surface area (Å²) in [4.78, 5) is 22.9. The zero-order valence-corrected chi connectivity index (χ0v) is 11.6. The second kappa shape index (κ2) is 4.49. The van der Waals surface area contributed by atoms with Gasteiger partial charge in [0.05, 0.1) is 0 Å². The van der Waals surface area contributed by atoms with Gasteiger partial charge in [-0.3, -0.25) is 10.1 Å². The van der Waals surface area contributed by atoms with E-state index in [1.807, 2.05) is 0 Å². The number of rotatable bonds is 2. The SMILES string of the molecule is CC(C)(C)OC(=O)[C@@H]1N[C@@H](C(=O)O)C(C)(C)S1. The van der Waals surface area contributed by atoms with Gasteiger partial charge in [-0.05, 0) is 34.6 Å². The number of ether oxygens (including phenoxy) is 1. The Kier molecular flexibility index (Phi) is 3.78. The molecule has 2 atom stereocenters. The third-order valence-electron chi connectivity index (χ3n) is 2.30. The summed E-state index contributed by atoms with van der Waals surface area (Å²) >= 11 is 1.29. The Labute approximate surface area is 105 Å². The molecule has 2 N–H and O–H groups in total. The summed E-state index contributed by atoms with van der Waals surface area (Å²) in [6.07, 6.45) is 0. The Morgan fingerprint density at radius 3 is 2.24 bits per heavy atom. The molecule has 1 saturated heterocycles. The van der Waals surface area contributed by atoms with Gasteiger partial charge in [0.15, 0.2) is 5.37 Å². The molecule has 17 heavy (non-hydrogen) atoms. The van der Waals surface area contributed by atoms with Gasteiger partial charge in [-0.2, -0.15) is 0 Å². The number of aliphatic carboxylic acids is 1. The first-order chi connectivity index (χ1) is 7.53. The van der Waals surface area contributed by atoms with E-state index in [1.165, 1.54) is 11.8 Å². The minimum atomic E-state index is -0.950. The third kappa shape index (κ3) is 3.61. The minimum Gasteiger partial charge on any atom is -0.480 e. The summed E-state index contributed by atoms with van der Waals surface area (Å²) in [5, 5.41) is 11.2. The molecule has 0 bridgehead atoms. The Morgan fingerprint density at radius 2 is 1.88 bits per heavy atom. The lowest BCUT2D eigenvalue weighted by Crippen LogP contribution is -2.46. The zero-order chi connectivity index (χ0) is 13.4. The first kappa shape index (κ1) is 14.3. The normalized spacial score (nSPS) is 27.8. The first-order valence-corrected chi connectivity index (χ1v) is 6.30. The van der Waals surface area contributed by atoms with Crippen LogP contribution in [0.1, 0.15) is 34.6 Å². The van der Waals surface area contributed by atoms with Gasteiger partial charge in [0.2, 0.25) is 0 Å². The summed E-state index contributed by atoms with van der Waals surface area (Å²) in [5.41, 5.74) is -0.565. The van der Waals surface area contributed by atoms with Crippen molar-refractivity contribution in [2.75, 3.05) is 0 Å². The van der Waals surface area contributed by atoms with E-state index in [9.17, 15) is 9.59 Å². The largest absolute Gasteiger partial charge is 0.480 e. The van der Waals surface area contributed by atoms with E-state index in [0.717, 1.165) is 0 Å². The maximum atomic E-state index is 11.8. The molecule has 0 aromatic heterocycles. The Hall–Kier alpha value is -0.750. The molecule has 0 amide bonds. The Bertz CT molecular complexity index is 335. The summed E-state index contributed by atoms with van der Waals surface area (Å²) in [6, 6.07) is -0.745. The first-order valence-electron chi connectivity index (χ1n) is 5.42. The van der Waals surface area contributed by atoms with Gasteiger partial charge in [-0.15, -0.1) is 11.8 Å². The summed E-state index contributed by atoms with van der Waals surface area (Å²) in [6.45, 7) is 8.95. The van der Waals surface area contributed by atoms with Gasteiger partial charge in [0.25, 0.3) is 0 Å². The number of carbonyl (C=O) groups is 2. The van der Waals surface area contributed by atoms with E-state index in [2.05, 4.69) is 5.32 Å². The molecule has 6 heteroatoms. The molecule has 1 heterocycles. The van der Waals surface area contributed by atoms with Crippen LogP contribution in [-0.4, -0.2) is 38.8 Å². The molecular formula is C11H19NO4S. The van der Waals surface area contributed by atoms with Gasteiger partial charge in [-0.1, -0.05) is 0 Å². The van der Waals surface area contributed by atoms with E-state index in [0.29, 0.717) is 0 Å². The predicted octanol–water partition coefficient (Wildman–Crippen LogP) is 1.22. The molecule has 1 rings (SSSR count). The number of carboxylic acid groups (broad SMARTS) is 1. The summed E-state index contributed by atoms with van der Waals surface area (Å²) in [5.74, 6) is -1.37. The maximum absolute atomic E-state index is 11.8. The number of thioether (sulfide) groups is 1. The summed E-state index contributed by atoms with van der Waals surface area (Å²) in [7, 11) is 0. The maximum Gasteiger partial charge on any atom is 0.334 e. The van der Waals surface area contributed by atoms with Crippen molar-refractivity contribution in [3.05, 3.63) is 0 Å². The van der Waals surface area contributed by atoms with Crippen LogP contribution in [0.5, 0.6) is 0 Å². The lowest BCUT2D eigenvalue weighted by molar-refractivity contribution is -0.154. The van der Waals surface area contributed by atoms with Crippen LogP contribution < -0.4 is 5.32 Å². The van der Waals surface area contributed by atoms with Crippen molar-refractivity contribution in [2.45, 2.75) is 56.4 Å². The highest BCUT2D eigenvalue weighted by molar-refractivity contribution is 8.02. The molecule has 1 aliphatic heterocycles. The van der Waals surface area contributed by atoms with E-state index in [1.54, 1.807) is 34.6 Å². The molecule has 0 spiro atoms. The van der Waals surface area contributed by atoms with Crippen LogP contribution in [-0.2, 0) is 14.3 Å². The molecule has 0 saturated carbocycles. The van der Waals surface area contributed by atoms with Crippen molar-refractivity contribution in [3.63, 3.8) is 0 Å². The smallest absolute Gasteiger partial charge is 0.334 e. The molecule has 1 fully saturated rings. The van der Waals surface area contributed by atoms with Crippen LogP contribution in [0.3, 0.4) is 0 Å². The second-order valence-corrected chi connectivity index (χ2v) is 7.33. The number of nitrogens with one attached hydrogen (secondary N) is 1. The lowest BCUT2D eigenvalue weighted by atomic mass is 10.0. The molecule has 1 aliphatic rings. The fourth-order valence-corrected chi connectivity index (χ4v) is 2.86. The highest BCUT2D eigenvalue weighted by atomic mass is 32.2. The second-order valence-electron chi connectivity index (χ2n) is 5.57. The topological polar surface area (TPSA) is 75.6 Å². The van der Waals surface area contributed by atoms with Gasteiger partial charge in [0.1, 0.15) is 11.6 Å². The van der Waals surface area contributed by atoms with Gasteiger partial charge in [-0.25, -0.2) is 4.79 Å². The highest BCUT2D eigenvalue weighted by Gasteiger charge is 2.48. The standard InChI is InChI=1S/C11H19NO4S/c1-10(2,3)16-9(15)7-12-6(8(13)14)11(4,5)17-7/h6-7,12H,1-5H3,(H,13,14)/t6-,7+/m0/s1. The van der Waals surface area contributed by atoms with Crippen molar-refractivity contribution in [2.24, 2.45) is 0 Å². The van der Waals surface area contributed by atoms with Crippen LogP contribution in [0.15, 0.2) is 0 Å². The molecule has 5 nitrogen and oxygen atoms in total. The number of hydrogen-bond acceptors (Lipinski definition) is 5. The number of carbonyl (C=O) groups excluding carboxylic acids is 1. The van der Waals surface area contributed by atoms with Gasteiger partial charge < -0.3 is 9.84 Å². The van der Waals surface area contributed by atoms with Crippen LogP contribution >= 0.6 is 11.8 Å². The fraction of sp³-hybridized carbons (Fsp3) is 0.818. The number of hydrogen-bond donors (Lipinski definition) is 2. The van der Waals surface area contributed by atoms with E-state index in [-0.39, 0.29) is 0 Å². The van der Waals surface area contributed by atoms with Gasteiger partial charge >= 0.3 is 11.9 Å². The molecule has 0 radical (unpaired) electrons. The Balaban J connectivity index is 2.72. The van der Waals surface area contributed by atoms with Gasteiger partial charge in [0, 0.05) is 4.75 Å².